The van der Waals surface area contributed by atoms with E-state index in [1.165, 1.54) is 31.3 Å². The van der Waals surface area contributed by atoms with Crippen LogP contribution in [-0.4, -0.2) is 56.0 Å². The fourth-order valence-electron chi connectivity index (χ4n) is 3.39. The van der Waals surface area contributed by atoms with Gasteiger partial charge in [-0.1, -0.05) is 41.9 Å². The fraction of sp³-hybridized carbons (Fsp3) is 0.333. The number of likely N-dealkylation sites (N-methyl/N-ethyl adjacent to an activating group) is 1. The van der Waals surface area contributed by atoms with Gasteiger partial charge in [0.25, 0.3) is 0 Å². The van der Waals surface area contributed by atoms with Gasteiger partial charge in [-0.2, -0.15) is 4.31 Å². The fourth-order valence-corrected chi connectivity index (χ4v) is 4.64. The van der Waals surface area contributed by atoms with Crippen molar-refractivity contribution in [3.8, 4) is 0 Å². The number of rotatable bonds is 6. The smallest absolute Gasteiger partial charge is 0.243 e. The maximum Gasteiger partial charge on any atom is 0.243 e. The van der Waals surface area contributed by atoms with E-state index in [9.17, 15) is 18.0 Å². The van der Waals surface area contributed by atoms with Gasteiger partial charge in [-0.3, -0.25) is 9.59 Å². The second-order valence-corrected chi connectivity index (χ2v) is 9.58. The van der Waals surface area contributed by atoms with Crippen LogP contribution in [0.2, 0.25) is 5.02 Å². The van der Waals surface area contributed by atoms with E-state index in [1.807, 2.05) is 18.2 Å². The van der Waals surface area contributed by atoms with Crippen LogP contribution in [0.3, 0.4) is 0 Å². The minimum Gasteiger partial charge on any atom is -0.342 e. The van der Waals surface area contributed by atoms with Crippen LogP contribution in [0.4, 0.5) is 0 Å². The molecule has 1 fully saturated rings. The highest BCUT2D eigenvalue weighted by atomic mass is 35.5. The molecule has 0 saturated carbocycles. The van der Waals surface area contributed by atoms with Crippen molar-refractivity contribution >= 4 is 33.3 Å². The molecule has 0 spiro atoms. The van der Waals surface area contributed by atoms with E-state index in [0.717, 1.165) is 4.31 Å². The SMILES string of the molecule is CN(CC(=O)N1CCC(C(=O)c2ccccc2)CC1)S(=O)(=O)c1ccc(Cl)cc1. The molecule has 1 amide bonds. The number of piperidine rings is 1. The molecule has 2 aromatic carbocycles. The van der Waals surface area contributed by atoms with Crippen LogP contribution in [0.15, 0.2) is 59.5 Å². The molecule has 1 saturated heterocycles. The average Bonchev–Trinajstić information content (AvgIpc) is 2.74. The van der Waals surface area contributed by atoms with Gasteiger partial charge in [0, 0.05) is 36.6 Å². The predicted molar refractivity (Wildman–Crippen MR) is 111 cm³/mol. The van der Waals surface area contributed by atoms with E-state index in [-0.39, 0.29) is 29.0 Å². The van der Waals surface area contributed by atoms with Crippen LogP contribution in [0.1, 0.15) is 23.2 Å². The number of carbonyl (C=O) groups excluding carboxylic acids is 2. The Morgan fingerprint density at radius 2 is 1.62 bits per heavy atom. The third kappa shape index (κ3) is 5.04. The summed E-state index contributed by atoms with van der Waals surface area (Å²) in [6, 6.07) is 15.0. The summed E-state index contributed by atoms with van der Waals surface area (Å²) in [6.45, 7) is 0.635. The molecule has 3 rings (SSSR count). The molecular weight excluding hydrogens is 412 g/mol. The van der Waals surface area contributed by atoms with Gasteiger partial charge in [0.1, 0.15) is 0 Å². The number of carbonyl (C=O) groups is 2. The summed E-state index contributed by atoms with van der Waals surface area (Å²) in [5, 5.41) is 0.440. The average molecular weight is 435 g/mol. The molecule has 1 heterocycles. The lowest BCUT2D eigenvalue weighted by molar-refractivity contribution is -0.132. The van der Waals surface area contributed by atoms with E-state index in [4.69, 9.17) is 11.6 Å². The van der Waals surface area contributed by atoms with Gasteiger partial charge in [-0.15, -0.1) is 0 Å². The van der Waals surface area contributed by atoms with E-state index in [1.54, 1.807) is 17.0 Å². The number of Topliss-reactive ketones (excluding diaryl/α,β-unsaturated/α-hetero) is 1. The van der Waals surface area contributed by atoms with Crippen molar-refractivity contribution in [3.05, 3.63) is 65.2 Å². The summed E-state index contributed by atoms with van der Waals surface area (Å²) >= 11 is 5.81. The second-order valence-electron chi connectivity index (χ2n) is 7.10. The number of hydrogen-bond acceptors (Lipinski definition) is 4. The van der Waals surface area contributed by atoms with Crippen LogP contribution in [-0.2, 0) is 14.8 Å². The van der Waals surface area contributed by atoms with Gasteiger partial charge in [0.2, 0.25) is 15.9 Å². The first kappa shape index (κ1) is 21.5. The Balaban J connectivity index is 1.57. The molecular formula is C21H23ClN2O4S. The highest BCUT2D eigenvalue weighted by Gasteiger charge is 2.30. The molecule has 6 nitrogen and oxygen atoms in total. The standard InChI is InChI=1S/C21H23ClN2O4S/c1-23(29(27,28)19-9-7-18(22)8-10-19)15-20(25)24-13-11-17(12-14-24)21(26)16-5-3-2-4-6-16/h2-10,17H,11-15H2,1H3. The summed E-state index contributed by atoms with van der Waals surface area (Å²) in [6.07, 6.45) is 1.15. The molecule has 1 aliphatic rings. The summed E-state index contributed by atoms with van der Waals surface area (Å²) < 4.78 is 26.3. The molecule has 1 aliphatic heterocycles. The lowest BCUT2D eigenvalue weighted by Crippen LogP contribution is -2.45. The van der Waals surface area contributed by atoms with Crippen LogP contribution in [0.5, 0.6) is 0 Å². The van der Waals surface area contributed by atoms with Crippen molar-refractivity contribution < 1.29 is 18.0 Å². The topological polar surface area (TPSA) is 74.8 Å². The van der Waals surface area contributed by atoms with Crippen molar-refractivity contribution in [1.29, 1.82) is 0 Å². The monoisotopic (exact) mass is 434 g/mol. The second kappa shape index (κ2) is 9.07. The molecule has 29 heavy (non-hydrogen) atoms. The first-order valence-corrected chi connectivity index (χ1v) is 11.2. The third-order valence-electron chi connectivity index (χ3n) is 5.16. The Bertz CT molecular complexity index is 970. The van der Waals surface area contributed by atoms with E-state index in [0.29, 0.717) is 36.5 Å². The quantitative estimate of drug-likeness (QED) is 0.655. The number of hydrogen-bond donors (Lipinski definition) is 0. The minimum atomic E-state index is -3.78. The molecule has 154 valence electrons. The van der Waals surface area contributed by atoms with Gasteiger partial charge < -0.3 is 4.90 Å². The lowest BCUT2D eigenvalue weighted by Gasteiger charge is -2.32. The molecule has 0 aliphatic carbocycles. The molecule has 0 N–H and O–H groups in total. The summed E-state index contributed by atoms with van der Waals surface area (Å²) in [7, 11) is -2.39. The highest BCUT2D eigenvalue weighted by Crippen LogP contribution is 2.23. The highest BCUT2D eigenvalue weighted by molar-refractivity contribution is 7.89. The Morgan fingerprint density at radius 1 is 1.03 bits per heavy atom. The third-order valence-corrected chi connectivity index (χ3v) is 7.23. The molecule has 0 radical (unpaired) electrons. The minimum absolute atomic E-state index is 0.0874. The van der Waals surface area contributed by atoms with Crippen molar-refractivity contribution in [1.82, 2.24) is 9.21 Å². The van der Waals surface area contributed by atoms with Crippen LogP contribution >= 0.6 is 11.6 Å². The van der Waals surface area contributed by atoms with Gasteiger partial charge in [0.05, 0.1) is 11.4 Å². The van der Waals surface area contributed by atoms with Crippen LogP contribution < -0.4 is 0 Å². The van der Waals surface area contributed by atoms with Crippen molar-refractivity contribution in [2.45, 2.75) is 17.7 Å². The number of sulfonamides is 1. The number of nitrogens with zero attached hydrogens (tertiary/aromatic N) is 2. The summed E-state index contributed by atoms with van der Waals surface area (Å²) in [4.78, 5) is 26.9. The normalized spacial score (nSPS) is 15.5. The zero-order valence-electron chi connectivity index (χ0n) is 16.1. The summed E-state index contributed by atoms with van der Waals surface area (Å²) in [5.41, 5.74) is 0.686. The summed E-state index contributed by atoms with van der Waals surface area (Å²) in [5.74, 6) is -0.284. The van der Waals surface area contributed by atoms with E-state index in [2.05, 4.69) is 0 Å². The number of likely N-dealkylation sites (tertiary alicyclic amines) is 1. The Hall–Kier alpha value is -2.22. The van der Waals surface area contributed by atoms with Crippen LogP contribution in [0.25, 0.3) is 0 Å². The van der Waals surface area contributed by atoms with Crippen LogP contribution in [0, 0.1) is 5.92 Å². The molecule has 0 aromatic heterocycles. The first-order valence-electron chi connectivity index (χ1n) is 9.38. The Labute approximate surface area is 176 Å². The largest absolute Gasteiger partial charge is 0.342 e. The maximum atomic E-state index is 12.6. The molecule has 8 heteroatoms. The number of benzene rings is 2. The van der Waals surface area contributed by atoms with Crippen molar-refractivity contribution in [2.75, 3.05) is 26.7 Å². The zero-order chi connectivity index (χ0) is 21.0. The lowest BCUT2D eigenvalue weighted by atomic mass is 9.89. The van der Waals surface area contributed by atoms with Gasteiger partial charge >= 0.3 is 0 Å². The van der Waals surface area contributed by atoms with E-state index < -0.39 is 10.0 Å². The van der Waals surface area contributed by atoms with Gasteiger partial charge in [0.15, 0.2) is 5.78 Å². The van der Waals surface area contributed by atoms with Crippen molar-refractivity contribution in [2.24, 2.45) is 5.92 Å². The number of amides is 1. The zero-order valence-corrected chi connectivity index (χ0v) is 17.7. The predicted octanol–water partition coefficient (Wildman–Crippen LogP) is 3.08. The van der Waals surface area contributed by atoms with Gasteiger partial charge in [-0.05, 0) is 37.1 Å². The molecule has 0 unspecified atom stereocenters. The molecule has 2 aromatic rings. The molecule has 0 bridgehead atoms. The van der Waals surface area contributed by atoms with Crippen molar-refractivity contribution in [3.63, 3.8) is 0 Å². The molecule has 0 atom stereocenters. The van der Waals surface area contributed by atoms with E-state index >= 15 is 0 Å². The number of ketones is 1. The Kier molecular flexibility index (Phi) is 6.72. The first-order chi connectivity index (χ1) is 13.8. The van der Waals surface area contributed by atoms with Gasteiger partial charge in [-0.25, -0.2) is 8.42 Å². The number of halogens is 1. The Morgan fingerprint density at radius 3 is 2.21 bits per heavy atom. The maximum absolute atomic E-state index is 12.6.